The smallest absolute Gasteiger partial charge is 0.308 e. The van der Waals surface area contributed by atoms with Gasteiger partial charge in [0.1, 0.15) is 11.8 Å². The van der Waals surface area contributed by atoms with Crippen molar-refractivity contribution in [2.75, 3.05) is 31.2 Å². The largest absolute Gasteiger partial charge is 0.378 e. The number of imide groups is 1. The predicted molar refractivity (Wildman–Crippen MR) is 153 cm³/mol. The highest BCUT2D eigenvalue weighted by Crippen LogP contribution is 2.55. The first-order valence-corrected chi connectivity index (χ1v) is 14.9. The van der Waals surface area contributed by atoms with Gasteiger partial charge in [0.15, 0.2) is 0 Å². The second-order valence-corrected chi connectivity index (χ2v) is 12.5. The van der Waals surface area contributed by atoms with Gasteiger partial charge in [0.05, 0.1) is 44.8 Å². The van der Waals surface area contributed by atoms with E-state index < -0.39 is 33.8 Å². The van der Waals surface area contributed by atoms with E-state index in [0.717, 1.165) is 28.0 Å². The summed E-state index contributed by atoms with van der Waals surface area (Å²) in [7, 11) is 0. The number of ether oxygens (including phenoxy) is 1. The van der Waals surface area contributed by atoms with Crippen LogP contribution in [0.25, 0.3) is 0 Å². The van der Waals surface area contributed by atoms with E-state index in [0.29, 0.717) is 41.8 Å². The summed E-state index contributed by atoms with van der Waals surface area (Å²) in [6.45, 7) is 1.42. The van der Waals surface area contributed by atoms with Crippen molar-refractivity contribution in [1.29, 1.82) is 0 Å². The van der Waals surface area contributed by atoms with Gasteiger partial charge in [-0.05, 0) is 23.8 Å². The number of benzene rings is 2. The molecule has 41 heavy (non-hydrogen) atoms. The number of thiazole rings is 1. The molecule has 0 N–H and O–H groups in total. The van der Waals surface area contributed by atoms with Gasteiger partial charge in [-0.3, -0.25) is 33.9 Å². The summed E-state index contributed by atoms with van der Waals surface area (Å²) < 4.78 is 6.68. The number of thioether (sulfide) groups is 1. The van der Waals surface area contributed by atoms with Crippen LogP contribution < -0.4 is 9.77 Å². The fraction of sp³-hybridized carbons (Fsp3) is 0.308. The molecular formula is C26H20Cl2N4O7S2. The van der Waals surface area contributed by atoms with Gasteiger partial charge in [0, 0.05) is 36.0 Å². The number of anilines is 1. The number of nitro groups is 1. The van der Waals surface area contributed by atoms with E-state index in [1.165, 1.54) is 28.8 Å². The normalized spacial score (nSPS) is 22.0. The van der Waals surface area contributed by atoms with E-state index in [1.54, 1.807) is 23.1 Å². The number of morpholine rings is 1. The summed E-state index contributed by atoms with van der Waals surface area (Å²) in [6, 6.07) is 10.1. The number of hydrogen-bond acceptors (Lipinski definition) is 9. The molecule has 3 aromatic rings. The predicted octanol–water partition coefficient (Wildman–Crippen LogP) is 3.78. The van der Waals surface area contributed by atoms with Crippen LogP contribution in [0.3, 0.4) is 0 Å². The number of carbonyl (C=O) groups is 3. The van der Waals surface area contributed by atoms with E-state index in [9.17, 15) is 29.3 Å². The summed E-state index contributed by atoms with van der Waals surface area (Å²) >= 11 is 15.0. The van der Waals surface area contributed by atoms with Crippen molar-refractivity contribution >= 4 is 75.4 Å². The van der Waals surface area contributed by atoms with Gasteiger partial charge in [0.25, 0.3) is 5.69 Å². The molecule has 2 fully saturated rings. The third kappa shape index (κ3) is 4.75. The second-order valence-electron chi connectivity index (χ2n) is 9.59. The number of halogens is 2. The lowest BCUT2D eigenvalue weighted by molar-refractivity contribution is -0.384. The van der Waals surface area contributed by atoms with Crippen LogP contribution in [0.2, 0.25) is 10.0 Å². The zero-order valence-electron chi connectivity index (χ0n) is 21.0. The first-order chi connectivity index (χ1) is 19.7. The lowest BCUT2D eigenvalue weighted by Crippen LogP contribution is -2.43. The second kappa shape index (κ2) is 10.9. The highest BCUT2D eigenvalue weighted by atomic mass is 35.5. The molecule has 0 radical (unpaired) electrons. The number of rotatable bonds is 5. The van der Waals surface area contributed by atoms with Crippen molar-refractivity contribution in [3.63, 3.8) is 0 Å². The molecule has 2 unspecified atom stereocenters. The Hall–Kier alpha value is -3.23. The minimum atomic E-state index is -0.941. The summed E-state index contributed by atoms with van der Waals surface area (Å²) in [5, 5.41) is 11.1. The Bertz CT molecular complexity index is 1650. The lowest BCUT2D eigenvalue weighted by Gasteiger charge is -2.31. The van der Waals surface area contributed by atoms with Crippen LogP contribution in [0, 0.1) is 16.0 Å². The summed E-state index contributed by atoms with van der Waals surface area (Å²) in [6.07, 6.45) is 0. The van der Waals surface area contributed by atoms with Gasteiger partial charge in [-0.2, -0.15) is 0 Å². The van der Waals surface area contributed by atoms with E-state index in [1.807, 2.05) is 0 Å². The molecule has 6 rings (SSSR count). The lowest BCUT2D eigenvalue weighted by atomic mass is 9.83. The Kier molecular flexibility index (Phi) is 7.41. The zero-order chi connectivity index (χ0) is 29.0. The Morgan fingerprint density at radius 1 is 1.05 bits per heavy atom. The van der Waals surface area contributed by atoms with Gasteiger partial charge < -0.3 is 9.64 Å². The molecule has 0 bridgehead atoms. The van der Waals surface area contributed by atoms with E-state index >= 15 is 0 Å². The van der Waals surface area contributed by atoms with Crippen molar-refractivity contribution in [1.82, 2.24) is 9.47 Å². The standard InChI is InChI=1S/C26H20Cl2N4O7S2/c27-16-3-1-2-15(20(16)28)18-19-21(24(35)31(23(19)34)13-4-6-14(7-5-13)32(37)38)40-25-22(18)41-26(36)30(25)12-17(33)29-8-10-39-11-9-29/h1-7,18-19,21H,8-12H2/t18-,19?,21?/m1/s1. The molecule has 2 aromatic carbocycles. The summed E-state index contributed by atoms with van der Waals surface area (Å²) in [5.74, 6) is -3.04. The zero-order valence-corrected chi connectivity index (χ0v) is 24.2. The summed E-state index contributed by atoms with van der Waals surface area (Å²) in [4.78, 5) is 67.5. The number of nitrogens with zero attached hydrogens (tertiary/aromatic N) is 4. The van der Waals surface area contributed by atoms with Crippen LogP contribution in [-0.2, 0) is 25.7 Å². The number of carbonyl (C=O) groups excluding carboxylic acids is 3. The minimum absolute atomic E-state index is 0.181. The maximum Gasteiger partial charge on any atom is 0.308 e. The molecule has 15 heteroatoms. The van der Waals surface area contributed by atoms with E-state index in [4.69, 9.17) is 27.9 Å². The average Bonchev–Trinajstić information content (AvgIpc) is 3.41. The van der Waals surface area contributed by atoms with Crippen molar-refractivity contribution in [3.05, 3.63) is 82.7 Å². The molecule has 11 nitrogen and oxygen atoms in total. The van der Waals surface area contributed by atoms with Crippen LogP contribution in [-0.4, -0.2) is 63.7 Å². The molecular weight excluding hydrogens is 615 g/mol. The fourth-order valence-electron chi connectivity index (χ4n) is 5.38. The third-order valence-corrected chi connectivity index (χ3v) is 10.8. The highest BCUT2D eigenvalue weighted by Gasteiger charge is 2.57. The van der Waals surface area contributed by atoms with Crippen molar-refractivity contribution in [2.24, 2.45) is 5.92 Å². The van der Waals surface area contributed by atoms with E-state index in [2.05, 4.69) is 0 Å². The maximum atomic E-state index is 14.0. The first-order valence-electron chi connectivity index (χ1n) is 12.5. The molecule has 0 spiro atoms. The molecule has 3 aliphatic heterocycles. The molecule has 4 heterocycles. The molecule has 1 aromatic heterocycles. The highest BCUT2D eigenvalue weighted by molar-refractivity contribution is 8.00. The van der Waals surface area contributed by atoms with Crippen LogP contribution in [0.1, 0.15) is 16.4 Å². The molecule has 3 atom stereocenters. The van der Waals surface area contributed by atoms with Crippen LogP contribution in [0.15, 0.2) is 52.3 Å². The minimum Gasteiger partial charge on any atom is -0.378 e. The van der Waals surface area contributed by atoms with Gasteiger partial charge in [-0.1, -0.05) is 58.4 Å². The third-order valence-electron chi connectivity index (χ3n) is 7.34. The number of nitro benzene ring substituents is 1. The van der Waals surface area contributed by atoms with Crippen molar-refractivity contribution in [2.45, 2.75) is 22.7 Å². The molecule has 0 saturated carbocycles. The number of fused-ring (bicyclic) bond motifs is 2. The van der Waals surface area contributed by atoms with Gasteiger partial charge in [-0.25, -0.2) is 4.90 Å². The first kappa shape index (κ1) is 27.9. The van der Waals surface area contributed by atoms with Gasteiger partial charge in [-0.15, -0.1) is 0 Å². The van der Waals surface area contributed by atoms with Crippen molar-refractivity contribution in [3.8, 4) is 0 Å². The Balaban J connectivity index is 1.45. The van der Waals surface area contributed by atoms with Gasteiger partial charge in [0.2, 0.25) is 17.7 Å². The summed E-state index contributed by atoms with van der Waals surface area (Å²) in [5.41, 5.74) is 0.495. The maximum absolute atomic E-state index is 14.0. The monoisotopic (exact) mass is 634 g/mol. The molecule has 0 aliphatic carbocycles. The van der Waals surface area contributed by atoms with Gasteiger partial charge >= 0.3 is 4.87 Å². The number of hydrogen-bond donors (Lipinski definition) is 0. The SMILES string of the molecule is O=C(Cn1c2c(sc1=O)[C@H](c1cccc(Cl)c1Cl)C1C(=O)N(c3ccc([N+](=O)[O-])cc3)C(=O)C1S2)N1CCOCC1. The Morgan fingerprint density at radius 2 is 1.76 bits per heavy atom. The number of aromatic nitrogens is 1. The quantitative estimate of drug-likeness (QED) is 0.235. The Morgan fingerprint density at radius 3 is 2.44 bits per heavy atom. The number of amides is 3. The van der Waals surface area contributed by atoms with E-state index in [-0.39, 0.29) is 38.7 Å². The van der Waals surface area contributed by atoms with Crippen LogP contribution in [0.5, 0.6) is 0 Å². The molecule has 3 amide bonds. The molecule has 3 aliphatic rings. The fourth-order valence-corrected chi connectivity index (χ4v) is 8.57. The average molecular weight is 636 g/mol. The van der Waals surface area contributed by atoms with Crippen LogP contribution in [0.4, 0.5) is 11.4 Å². The van der Waals surface area contributed by atoms with Crippen LogP contribution >= 0.6 is 46.3 Å². The Labute approximate surface area is 250 Å². The van der Waals surface area contributed by atoms with Crippen molar-refractivity contribution < 1.29 is 24.0 Å². The number of non-ortho nitro benzene ring substituents is 1. The topological polar surface area (TPSA) is 132 Å². The molecule has 2 saturated heterocycles. The molecule has 212 valence electrons.